The molecule has 1 aromatic carbocycles. The van der Waals surface area contributed by atoms with Crippen LogP contribution in [0.5, 0.6) is 5.75 Å². The Kier molecular flexibility index (Phi) is 7.29. The third-order valence-corrected chi connectivity index (χ3v) is 5.83. The summed E-state index contributed by atoms with van der Waals surface area (Å²) in [5.74, 6) is -1.12. The lowest BCUT2D eigenvalue weighted by Crippen LogP contribution is -2.14. The number of carbonyl (C=O) groups is 4. The fourth-order valence-corrected chi connectivity index (χ4v) is 4.01. The summed E-state index contributed by atoms with van der Waals surface area (Å²) in [6.07, 6.45) is 0. The van der Waals surface area contributed by atoms with Crippen LogP contribution in [0, 0.1) is 6.92 Å². The van der Waals surface area contributed by atoms with E-state index in [1.165, 1.54) is 13.0 Å². The number of benzene rings is 1. The summed E-state index contributed by atoms with van der Waals surface area (Å²) >= 11 is 0.891. The lowest BCUT2D eigenvalue weighted by molar-refractivity contribution is 0.0527. The van der Waals surface area contributed by atoms with Gasteiger partial charge in [-0.25, -0.2) is 4.79 Å². The van der Waals surface area contributed by atoms with Crippen LogP contribution in [0.15, 0.2) is 40.8 Å². The van der Waals surface area contributed by atoms with Gasteiger partial charge in [-0.15, -0.1) is 11.3 Å². The molecule has 33 heavy (non-hydrogen) atoms. The zero-order valence-electron chi connectivity index (χ0n) is 18.2. The van der Waals surface area contributed by atoms with Gasteiger partial charge in [0, 0.05) is 5.56 Å². The van der Waals surface area contributed by atoms with E-state index < -0.39 is 17.8 Å². The van der Waals surface area contributed by atoms with Crippen LogP contribution >= 0.6 is 11.3 Å². The SMILES string of the molecule is CCOC(=O)c1c(NC(=O)c2ccc(COc3ccc(C(C)=O)cc3)o2)sc(C(N)=O)c1C. The quantitative estimate of drug-likeness (QED) is 0.356. The molecule has 9 nitrogen and oxygen atoms in total. The maximum absolute atomic E-state index is 12.7. The zero-order chi connectivity index (χ0) is 24.1. The van der Waals surface area contributed by atoms with Crippen LogP contribution in [0.3, 0.4) is 0 Å². The number of anilines is 1. The number of primary amides is 1. The van der Waals surface area contributed by atoms with Crippen LogP contribution < -0.4 is 15.8 Å². The number of furan rings is 1. The summed E-state index contributed by atoms with van der Waals surface area (Å²) in [5.41, 5.74) is 6.37. The van der Waals surface area contributed by atoms with Crippen molar-refractivity contribution in [3.63, 3.8) is 0 Å². The zero-order valence-corrected chi connectivity index (χ0v) is 19.0. The predicted octanol–water partition coefficient (Wildman–Crippen LogP) is 3.96. The Bertz CT molecular complexity index is 1210. The summed E-state index contributed by atoms with van der Waals surface area (Å²) in [6.45, 7) is 4.88. The third kappa shape index (κ3) is 5.47. The highest BCUT2D eigenvalue weighted by Crippen LogP contribution is 2.34. The molecule has 3 rings (SSSR count). The minimum atomic E-state index is -0.711. The van der Waals surface area contributed by atoms with Crippen molar-refractivity contribution in [3.05, 3.63) is 69.5 Å². The minimum absolute atomic E-state index is 0.0120. The molecule has 0 fully saturated rings. The number of esters is 1. The smallest absolute Gasteiger partial charge is 0.341 e. The van der Waals surface area contributed by atoms with Crippen LogP contribution in [-0.2, 0) is 11.3 Å². The molecule has 10 heteroatoms. The Morgan fingerprint density at radius 1 is 1.09 bits per heavy atom. The first-order chi connectivity index (χ1) is 15.7. The van der Waals surface area contributed by atoms with Gasteiger partial charge in [0.1, 0.15) is 23.1 Å². The average Bonchev–Trinajstić information content (AvgIpc) is 3.37. The standard InChI is InChI=1S/C23H22N2O7S/c1-4-30-23(29)18-12(2)19(20(24)27)33-22(18)25-21(28)17-10-9-16(32-17)11-31-15-7-5-14(6-8-15)13(3)26/h5-10H,4,11H2,1-3H3,(H2,24,27)(H,25,28). The maximum atomic E-state index is 12.7. The van der Waals surface area contributed by atoms with Crippen LogP contribution in [0.1, 0.15) is 66.1 Å². The molecule has 3 aromatic rings. The molecule has 2 aromatic heterocycles. The van der Waals surface area contributed by atoms with Crippen molar-refractivity contribution in [3.8, 4) is 5.75 Å². The topological polar surface area (TPSA) is 138 Å². The molecule has 2 heterocycles. The number of ketones is 1. The second-order valence-corrected chi connectivity index (χ2v) is 7.95. The molecule has 0 saturated heterocycles. The molecular weight excluding hydrogens is 448 g/mol. The number of carbonyl (C=O) groups excluding carboxylic acids is 4. The fraction of sp³-hybridized carbons (Fsp3) is 0.217. The lowest BCUT2D eigenvalue weighted by atomic mass is 10.1. The Morgan fingerprint density at radius 3 is 2.39 bits per heavy atom. The van der Waals surface area contributed by atoms with Crippen molar-refractivity contribution in [2.45, 2.75) is 27.4 Å². The maximum Gasteiger partial charge on any atom is 0.341 e. The van der Waals surface area contributed by atoms with E-state index in [0.717, 1.165) is 11.3 Å². The molecule has 3 N–H and O–H groups in total. The summed E-state index contributed by atoms with van der Waals surface area (Å²) < 4.78 is 16.2. The first-order valence-corrected chi connectivity index (χ1v) is 10.8. The minimum Gasteiger partial charge on any atom is -0.486 e. The molecule has 172 valence electrons. The number of Topliss-reactive ketones (excluding diaryl/α,β-unsaturated/α-hetero) is 1. The lowest BCUT2D eigenvalue weighted by Gasteiger charge is -2.06. The Hall–Kier alpha value is -3.92. The first-order valence-electron chi connectivity index (χ1n) is 9.95. The third-order valence-electron chi connectivity index (χ3n) is 4.60. The molecule has 0 saturated carbocycles. The second-order valence-electron chi connectivity index (χ2n) is 6.93. The number of thiophene rings is 1. The monoisotopic (exact) mass is 470 g/mol. The van der Waals surface area contributed by atoms with Gasteiger partial charge >= 0.3 is 5.97 Å². The van der Waals surface area contributed by atoms with E-state index in [1.54, 1.807) is 44.2 Å². The summed E-state index contributed by atoms with van der Waals surface area (Å²) in [6, 6.07) is 9.69. The average molecular weight is 471 g/mol. The normalized spacial score (nSPS) is 10.5. The van der Waals surface area contributed by atoms with E-state index in [-0.39, 0.29) is 40.2 Å². The van der Waals surface area contributed by atoms with Gasteiger partial charge in [-0.05, 0) is 62.7 Å². The van der Waals surface area contributed by atoms with Gasteiger partial charge < -0.3 is 24.9 Å². The number of hydrogen-bond acceptors (Lipinski definition) is 8. The van der Waals surface area contributed by atoms with Crippen molar-refractivity contribution >= 4 is 39.9 Å². The van der Waals surface area contributed by atoms with Gasteiger partial charge in [-0.1, -0.05) is 0 Å². The van der Waals surface area contributed by atoms with Gasteiger partial charge in [0.05, 0.1) is 17.0 Å². The molecule has 0 bridgehead atoms. The van der Waals surface area contributed by atoms with E-state index in [2.05, 4.69) is 5.32 Å². The predicted molar refractivity (Wildman–Crippen MR) is 121 cm³/mol. The highest BCUT2D eigenvalue weighted by molar-refractivity contribution is 7.18. The number of rotatable bonds is 9. The van der Waals surface area contributed by atoms with Gasteiger partial charge in [-0.3, -0.25) is 14.4 Å². The number of ether oxygens (including phenoxy) is 2. The fourth-order valence-electron chi connectivity index (χ4n) is 2.97. The van der Waals surface area contributed by atoms with Crippen molar-refractivity contribution in [2.24, 2.45) is 5.73 Å². The number of nitrogens with two attached hydrogens (primary N) is 1. The molecule has 0 spiro atoms. The largest absolute Gasteiger partial charge is 0.486 e. The molecule has 0 aliphatic heterocycles. The number of amides is 2. The van der Waals surface area contributed by atoms with Crippen molar-refractivity contribution in [1.82, 2.24) is 0 Å². The molecule has 0 unspecified atom stereocenters. The Morgan fingerprint density at radius 2 is 1.79 bits per heavy atom. The van der Waals surface area contributed by atoms with Gasteiger partial charge in [0.2, 0.25) is 0 Å². The van der Waals surface area contributed by atoms with Crippen molar-refractivity contribution in [1.29, 1.82) is 0 Å². The second kappa shape index (κ2) is 10.1. The summed E-state index contributed by atoms with van der Waals surface area (Å²) in [4.78, 5) is 48.2. The number of nitrogens with one attached hydrogen (secondary N) is 1. The summed E-state index contributed by atoms with van der Waals surface area (Å²) in [7, 11) is 0. The molecule has 0 atom stereocenters. The van der Waals surface area contributed by atoms with Crippen LogP contribution in [0.25, 0.3) is 0 Å². The molecule has 0 radical (unpaired) electrons. The van der Waals surface area contributed by atoms with Crippen LogP contribution in [0.2, 0.25) is 0 Å². The van der Waals surface area contributed by atoms with E-state index in [9.17, 15) is 19.2 Å². The van der Waals surface area contributed by atoms with Gasteiger partial charge in [0.15, 0.2) is 11.5 Å². The van der Waals surface area contributed by atoms with Crippen LogP contribution in [0.4, 0.5) is 5.00 Å². The molecule has 0 aliphatic rings. The Balaban J connectivity index is 1.71. The van der Waals surface area contributed by atoms with Gasteiger partial charge in [0.25, 0.3) is 11.8 Å². The molecular formula is C23H22N2O7S. The van der Waals surface area contributed by atoms with Crippen LogP contribution in [-0.4, -0.2) is 30.2 Å². The highest BCUT2D eigenvalue weighted by atomic mass is 32.1. The van der Waals surface area contributed by atoms with Crippen molar-refractivity contribution < 1.29 is 33.1 Å². The van der Waals surface area contributed by atoms with E-state index >= 15 is 0 Å². The molecule has 0 aliphatic carbocycles. The Labute approximate surface area is 193 Å². The van der Waals surface area contributed by atoms with E-state index in [0.29, 0.717) is 22.6 Å². The highest BCUT2D eigenvalue weighted by Gasteiger charge is 2.26. The summed E-state index contributed by atoms with van der Waals surface area (Å²) in [5, 5.41) is 2.73. The van der Waals surface area contributed by atoms with Crippen molar-refractivity contribution in [2.75, 3.05) is 11.9 Å². The number of hydrogen-bond donors (Lipinski definition) is 2. The van der Waals surface area contributed by atoms with Gasteiger partial charge in [-0.2, -0.15) is 0 Å². The molecule has 2 amide bonds. The van der Waals surface area contributed by atoms with E-state index in [1.807, 2.05) is 0 Å². The first kappa shape index (κ1) is 23.7. The van der Waals surface area contributed by atoms with E-state index in [4.69, 9.17) is 19.6 Å².